The van der Waals surface area contributed by atoms with Crippen molar-refractivity contribution in [2.75, 3.05) is 0 Å². The van der Waals surface area contributed by atoms with Gasteiger partial charge in [0.15, 0.2) is 0 Å². The SMILES string of the molecule is O=CC[C@H](SCc1ccccc1)C(F)(F)CCc1ccccc1. The molecule has 0 heterocycles. The molecule has 0 amide bonds. The molecule has 0 aliphatic rings. The Balaban J connectivity index is 1.95. The van der Waals surface area contributed by atoms with Gasteiger partial charge in [-0.1, -0.05) is 60.7 Å². The number of aldehydes is 1. The van der Waals surface area contributed by atoms with Crippen LogP contribution in [0.2, 0.25) is 0 Å². The van der Waals surface area contributed by atoms with E-state index in [1.165, 1.54) is 0 Å². The predicted molar refractivity (Wildman–Crippen MR) is 91.9 cm³/mol. The van der Waals surface area contributed by atoms with Crippen molar-refractivity contribution in [1.29, 1.82) is 0 Å². The Hall–Kier alpha value is -1.68. The Bertz CT molecular complexity index is 587. The van der Waals surface area contributed by atoms with Gasteiger partial charge in [0.05, 0.1) is 5.25 Å². The van der Waals surface area contributed by atoms with Crippen LogP contribution in [0.3, 0.4) is 0 Å². The first kappa shape index (κ1) is 17.7. The van der Waals surface area contributed by atoms with Gasteiger partial charge in [-0.05, 0) is 17.5 Å². The molecule has 0 fully saturated rings. The summed E-state index contributed by atoms with van der Waals surface area (Å²) in [6.45, 7) is 0. The third-order valence-corrected chi connectivity index (χ3v) is 5.10. The van der Waals surface area contributed by atoms with Gasteiger partial charge in [0.25, 0.3) is 5.92 Å². The molecule has 0 aromatic heterocycles. The van der Waals surface area contributed by atoms with Crippen molar-refractivity contribution in [3.05, 3.63) is 71.8 Å². The van der Waals surface area contributed by atoms with Crippen LogP contribution in [0, 0.1) is 0 Å². The summed E-state index contributed by atoms with van der Waals surface area (Å²) in [6, 6.07) is 18.7. The Morgan fingerprint density at radius 2 is 1.52 bits per heavy atom. The Morgan fingerprint density at radius 1 is 0.957 bits per heavy atom. The molecule has 2 rings (SSSR count). The summed E-state index contributed by atoms with van der Waals surface area (Å²) in [4.78, 5) is 10.8. The average molecular weight is 334 g/mol. The molecule has 23 heavy (non-hydrogen) atoms. The van der Waals surface area contributed by atoms with E-state index in [1.807, 2.05) is 60.7 Å². The summed E-state index contributed by atoms with van der Waals surface area (Å²) in [5.41, 5.74) is 1.89. The van der Waals surface area contributed by atoms with Crippen LogP contribution in [0.4, 0.5) is 8.78 Å². The van der Waals surface area contributed by atoms with Crippen LogP contribution in [0.25, 0.3) is 0 Å². The molecule has 0 spiro atoms. The van der Waals surface area contributed by atoms with E-state index in [4.69, 9.17) is 0 Å². The number of hydrogen-bond donors (Lipinski definition) is 0. The second-order valence-corrected chi connectivity index (χ2v) is 6.63. The molecule has 0 unspecified atom stereocenters. The number of hydrogen-bond acceptors (Lipinski definition) is 2. The highest BCUT2D eigenvalue weighted by atomic mass is 32.2. The average Bonchev–Trinajstić information content (AvgIpc) is 2.58. The van der Waals surface area contributed by atoms with Crippen LogP contribution in [0.1, 0.15) is 24.0 Å². The van der Waals surface area contributed by atoms with Crippen molar-refractivity contribution in [3.63, 3.8) is 0 Å². The molecule has 0 N–H and O–H groups in total. The fraction of sp³-hybridized carbons (Fsp3) is 0.316. The van der Waals surface area contributed by atoms with Gasteiger partial charge in [-0.25, -0.2) is 8.78 Å². The molecule has 0 saturated carbocycles. The lowest BCUT2D eigenvalue weighted by Gasteiger charge is -2.25. The summed E-state index contributed by atoms with van der Waals surface area (Å²) in [6.07, 6.45) is 0.546. The number of thioether (sulfide) groups is 1. The van der Waals surface area contributed by atoms with E-state index in [-0.39, 0.29) is 12.8 Å². The molecule has 2 aromatic rings. The Kier molecular flexibility index (Phi) is 6.78. The largest absolute Gasteiger partial charge is 0.303 e. The molecule has 0 bridgehead atoms. The molecular formula is C19H20F2OS. The monoisotopic (exact) mass is 334 g/mol. The van der Waals surface area contributed by atoms with E-state index in [0.29, 0.717) is 18.5 Å². The van der Waals surface area contributed by atoms with E-state index in [1.54, 1.807) is 0 Å². The molecular weight excluding hydrogens is 314 g/mol. The maximum absolute atomic E-state index is 14.5. The van der Waals surface area contributed by atoms with Gasteiger partial charge in [0.2, 0.25) is 0 Å². The minimum atomic E-state index is -2.86. The van der Waals surface area contributed by atoms with Crippen LogP contribution in [0.15, 0.2) is 60.7 Å². The smallest absolute Gasteiger partial charge is 0.260 e. The van der Waals surface area contributed by atoms with Crippen LogP contribution in [0.5, 0.6) is 0 Å². The minimum Gasteiger partial charge on any atom is -0.303 e. The summed E-state index contributed by atoms with van der Waals surface area (Å²) in [5, 5.41) is -0.982. The lowest BCUT2D eigenvalue weighted by Crippen LogP contribution is -2.32. The fourth-order valence-corrected chi connectivity index (χ4v) is 3.50. The highest BCUT2D eigenvalue weighted by Crippen LogP contribution is 2.36. The van der Waals surface area contributed by atoms with Crippen LogP contribution >= 0.6 is 11.8 Å². The predicted octanol–water partition coefficient (Wildman–Crippen LogP) is 5.15. The fourth-order valence-electron chi connectivity index (χ4n) is 2.34. The van der Waals surface area contributed by atoms with Crippen LogP contribution in [-0.2, 0) is 17.0 Å². The van der Waals surface area contributed by atoms with Crippen molar-refractivity contribution in [1.82, 2.24) is 0 Å². The number of aryl methyl sites for hydroxylation is 1. The normalized spacial score (nSPS) is 12.8. The van der Waals surface area contributed by atoms with Crippen LogP contribution in [-0.4, -0.2) is 17.5 Å². The third kappa shape index (κ3) is 5.79. The topological polar surface area (TPSA) is 17.1 Å². The van der Waals surface area contributed by atoms with E-state index in [0.717, 1.165) is 22.9 Å². The number of halogens is 2. The lowest BCUT2D eigenvalue weighted by molar-refractivity contribution is -0.109. The summed E-state index contributed by atoms with van der Waals surface area (Å²) in [7, 11) is 0. The van der Waals surface area contributed by atoms with Gasteiger partial charge in [-0.15, -0.1) is 11.8 Å². The highest BCUT2D eigenvalue weighted by molar-refractivity contribution is 7.99. The maximum Gasteiger partial charge on any atom is 0.260 e. The zero-order valence-corrected chi connectivity index (χ0v) is 13.6. The maximum atomic E-state index is 14.5. The third-order valence-electron chi connectivity index (χ3n) is 3.67. The summed E-state index contributed by atoms with van der Waals surface area (Å²) < 4.78 is 29.0. The minimum absolute atomic E-state index is 0.126. The second-order valence-electron chi connectivity index (χ2n) is 5.43. The van der Waals surface area contributed by atoms with E-state index < -0.39 is 11.2 Å². The van der Waals surface area contributed by atoms with Crippen LogP contribution < -0.4 is 0 Å². The highest BCUT2D eigenvalue weighted by Gasteiger charge is 2.38. The number of benzene rings is 2. The van der Waals surface area contributed by atoms with Gasteiger partial charge < -0.3 is 4.79 Å². The molecule has 122 valence electrons. The van der Waals surface area contributed by atoms with E-state index in [2.05, 4.69) is 0 Å². The summed E-state index contributed by atoms with van der Waals surface area (Å²) in [5.74, 6) is -2.38. The molecule has 0 aliphatic heterocycles. The van der Waals surface area contributed by atoms with Gasteiger partial charge in [-0.3, -0.25) is 0 Å². The van der Waals surface area contributed by atoms with Gasteiger partial charge >= 0.3 is 0 Å². The molecule has 0 saturated heterocycles. The molecule has 1 atom stereocenters. The van der Waals surface area contributed by atoms with Crippen molar-refractivity contribution in [3.8, 4) is 0 Å². The molecule has 1 nitrogen and oxygen atoms in total. The lowest BCUT2D eigenvalue weighted by atomic mass is 10.0. The first-order valence-electron chi connectivity index (χ1n) is 7.63. The standard InChI is InChI=1S/C19H20F2OS/c20-19(21,13-11-16-7-3-1-4-8-16)18(12-14-22)23-15-17-9-5-2-6-10-17/h1-10,14,18H,11-13,15H2/t18-/m0/s1. The van der Waals surface area contributed by atoms with E-state index >= 15 is 0 Å². The van der Waals surface area contributed by atoms with Gasteiger partial charge in [0.1, 0.15) is 6.29 Å². The number of carbonyl (C=O) groups is 1. The quantitative estimate of drug-likeness (QED) is 0.590. The molecule has 4 heteroatoms. The number of alkyl halides is 2. The molecule has 0 aliphatic carbocycles. The van der Waals surface area contributed by atoms with Gasteiger partial charge in [-0.2, -0.15) is 0 Å². The molecule has 0 radical (unpaired) electrons. The first-order valence-corrected chi connectivity index (χ1v) is 8.67. The number of carbonyl (C=O) groups excluding carboxylic acids is 1. The first-order chi connectivity index (χ1) is 11.1. The van der Waals surface area contributed by atoms with Crippen molar-refractivity contribution >= 4 is 18.0 Å². The Morgan fingerprint density at radius 3 is 2.09 bits per heavy atom. The van der Waals surface area contributed by atoms with Crippen molar-refractivity contribution < 1.29 is 13.6 Å². The zero-order valence-electron chi connectivity index (χ0n) is 12.8. The van der Waals surface area contributed by atoms with Crippen molar-refractivity contribution in [2.45, 2.75) is 36.2 Å². The zero-order chi connectivity index (χ0) is 16.5. The summed E-state index contributed by atoms with van der Waals surface area (Å²) >= 11 is 1.16. The number of rotatable bonds is 9. The molecule has 2 aromatic carbocycles. The Labute approximate surface area is 140 Å². The van der Waals surface area contributed by atoms with E-state index in [9.17, 15) is 13.6 Å². The van der Waals surface area contributed by atoms with Gasteiger partial charge in [0, 0.05) is 18.6 Å². The second kappa shape index (κ2) is 8.82. The van der Waals surface area contributed by atoms with Crippen molar-refractivity contribution in [2.24, 2.45) is 0 Å².